The number of carboxylic acids is 1. The summed E-state index contributed by atoms with van der Waals surface area (Å²) in [4.78, 5) is 19.9. The molecule has 1 aliphatic rings. The lowest BCUT2D eigenvalue weighted by atomic mass is 10.0. The molecular weight excluding hydrogens is 466 g/mol. The smallest absolute Gasteiger partial charge is 0.335 e. The predicted molar refractivity (Wildman–Crippen MR) is 132 cm³/mol. The summed E-state index contributed by atoms with van der Waals surface area (Å²) in [6, 6.07) is 15.2. The minimum Gasteiger partial charge on any atom is -0.478 e. The average molecular weight is 490 g/mol. The highest BCUT2D eigenvalue weighted by atomic mass is 32.2. The Hall–Kier alpha value is -3.98. The fourth-order valence-corrected chi connectivity index (χ4v) is 4.72. The maximum Gasteiger partial charge on any atom is 0.335 e. The number of carboxylic acid groups (broad SMARTS) is 1. The highest BCUT2D eigenvalue weighted by Gasteiger charge is 2.22. The zero-order valence-electron chi connectivity index (χ0n) is 18.9. The molecule has 2 aromatic carbocycles. The van der Waals surface area contributed by atoms with Crippen LogP contribution in [0.15, 0.2) is 71.9 Å². The van der Waals surface area contributed by atoms with Crippen molar-refractivity contribution in [3.63, 3.8) is 0 Å². The number of pyridine rings is 2. The normalized spacial score (nSPS) is 13.5. The van der Waals surface area contributed by atoms with E-state index in [9.17, 15) is 18.3 Å². The monoisotopic (exact) mass is 489 g/mol. The highest BCUT2D eigenvalue weighted by Crippen LogP contribution is 2.30. The van der Waals surface area contributed by atoms with Gasteiger partial charge in [-0.05, 0) is 72.5 Å². The molecule has 4 aromatic rings. The van der Waals surface area contributed by atoms with E-state index in [0.717, 1.165) is 28.0 Å². The summed E-state index contributed by atoms with van der Waals surface area (Å²) in [5.41, 5.74) is 2.30. The number of hydrogen-bond donors (Lipinski definition) is 2. The molecule has 9 heteroatoms. The zero-order valence-corrected chi connectivity index (χ0v) is 19.7. The first-order valence-electron chi connectivity index (χ1n) is 11.1. The number of nitrogens with one attached hydrogen (secondary N) is 1. The predicted octanol–water partition coefficient (Wildman–Crippen LogP) is 4.89. The summed E-state index contributed by atoms with van der Waals surface area (Å²) in [5.74, 6) is 0.235. The zero-order chi connectivity index (χ0) is 24.6. The Morgan fingerprint density at radius 1 is 1.00 bits per heavy atom. The summed E-state index contributed by atoms with van der Waals surface area (Å²) >= 11 is 0. The van der Waals surface area contributed by atoms with E-state index >= 15 is 0 Å². The molecule has 2 heterocycles. The van der Waals surface area contributed by atoms with Crippen LogP contribution in [0.3, 0.4) is 0 Å². The maximum absolute atomic E-state index is 12.8. The van der Waals surface area contributed by atoms with E-state index in [4.69, 9.17) is 4.74 Å². The van der Waals surface area contributed by atoms with Crippen molar-refractivity contribution in [3.05, 3.63) is 78.1 Å². The molecule has 5 rings (SSSR count). The minimum absolute atomic E-state index is 0.0659. The maximum atomic E-state index is 12.8. The van der Waals surface area contributed by atoms with Crippen molar-refractivity contribution in [2.75, 3.05) is 11.3 Å². The van der Waals surface area contributed by atoms with Crippen LogP contribution in [0.25, 0.3) is 21.9 Å². The Kier molecular flexibility index (Phi) is 5.86. The summed E-state index contributed by atoms with van der Waals surface area (Å²) in [6.07, 6.45) is 5.81. The number of rotatable bonds is 8. The third kappa shape index (κ3) is 5.09. The number of fused-ring (bicyclic) bond motifs is 1. The van der Waals surface area contributed by atoms with Gasteiger partial charge >= 0.3 is 5.97 Å². The van der Waals surface area contributed by atoms with Crippen LogP contribution < -0.4 is 9.46 Å². The molecule has 0 unspecified atom stereocenters. The molecule has 178 valence electrons. The van der Waals surface area contributed by atoms with Crippen molar-refractivity contribution >= 4 is 32.6 Å². The number of ether oxygens (including phenoxy) is 1. The van der Waals surface area contributed by atoms with Crippen molar-refractivity contribution in [2.45, 2.75) is 24.7 Å². The first-order chi connectivity index (χ1) is 16.8. The Balaban J connectivity index is 1.35. The summed E-state index contributed by atoms with van der Waals surface area (Å²) in [6.45, 7) is 2.32. The molecule has 1 aliphatic carbocycles. The molecule has 0 bridgehead atoms. The molecule has 0 amide bonds. The van der Waals surface area contributed by atoms with Crippen molar-refractivity contribution in [1.29, 1.82) is 0 Å². The van der Waals surface area contributed by atoms with Crippen LogP contribution in [0.5, 0.6) is 5.88 Å². The van der Waals surface area contributed by atoms with E-state index in [1.807, 2.05) is 30.3 Å². The number of aromatic carboxylic acids is 1. The average Bonchev–Trinajstić information content (AvgIpc) is 3.67. The SMILES string of the molecule is Cc1ccc(S(=O)(=O)Nc2cc3ccc(-c4ccc(OCC5CC5)nc4)cc3cn2)cc1C(=O)O. The molecule has 0 saturated heterocycles. The standard InChI is InChI=1S/C26H23N3O5S/c1-16-2-8-22(12-23(16)26(30)31)35(32,33)29-24-11-19-6-5-18(10-21(19)14-27-24)20-7-9-25(28-13-20)34-15-17-3-4-17/h2,5-14,17H,3-4,15H2,1H3,(H,27,29)(H,30,31). The lowest BCUT2D eigenvalue weighted by molar-refractivity contribution is 0.0696. The van der Waals surface area contributed by atoms with Crippen LogP contribution in [0.1, 0.15) is 28.8 Å². The van der Waals surface area contributed by atoms with Gasteiger partial charge in [0.05, 0.1) is 17.1 Å². The van der Waals surface area contributed by atoms with E-state index < -0.39 is 16.0 Å². The molecule has 1 fully saturated rings. The van der Waals surface area contributed by atoms with Crippen LogP contribution in [0.2, 0.25) is 0 Å². The third-order valence-electron chi connectivity index (χ3n) is 5.94. The first kappa shape index (κ1) is 22.8. The number of aryl methyl sites for hydroxylation is 1. The van der Waals surface area contributed by atoms with E-state index in [1.54, 1.807) is 25.4 Å². The van der Waals surface area contributed by atoms with Gasteiger partial charge in [0.1, 0.15) is 5.82 Å². The van der Waals surface area contributed by atoms with E-state index in [1.165, 1.54) is 25.0 Å². The second-order valence-electron chi connectivity index (χ2n) is 8.66. The molecule has 0 radical (unpaired) electrons. The van der Waals surface area contributed by atoms with Gasteiger partial charge in [0.25, 0.3) is 10.0 Å². The number of hydrogen-bond acceptors (Lipinski definition) is 6. The topological polar surface area (TPSA) is 118 Å². The third-order valence-corrected chi connectivity index (χ3v) is 7.30. The van der Waals surface area contributed by atoms with Crippen molar-refractivity contribution < 1.29 is 23.1 Å². The Morgan fingerprint density at radius 2 is 1.80 bits per heavy atom. The van der Waals surface area contributed by atoms with Crippen LogP contribution in [0, 0.1) is 12.8 Å². The molecule has 2 aromatic heterocycles. The van der Waals surface area contributed by atoms with Gasteiger partial charge in [-0.3, -0.25) is 4.72 Å². The molecule has 1 saturated carbocycles. The molecule has 0 spiro atoms. The fraction of sp³-hybridized carbons (Fsp3) is 0.192. The molecular formula is C26H23N3O5S. The lowest BCUT2D eigenvalue weighted by Crippen LogP contribution is -2.15. The second-order valence-corrected chi connectivity index (χ2v) is 10.3. The van der Waals surface area contributed by atoms with Gasteiger partial charge in [0.15, 0.2) is 0 Å². The van der Waals surface area contributed by atoms with Gasteiger partial charge in [-0.2, -0.15) is 0 Å². The molecule has 35 heavy (non-hydrogen) atoms. The molecule has 0 aliphatic heterocycles. The number of anilines is 1. The van der Waals surface area contributed by atoms with Gasteiger partial charge in [-0.25, -0.2) is 23.2 Å². The minimum atomic E-state index is -4.01. The molecule has 0 atom stereocenters. The first-order valence-corrected chi connectivity index (χ1v) is 12.6. The quantitative estimate of drug-likeness (QED) is 0.362. The van der Waals surface area contributed by atoms with Crippen LogP contribution in [0.4, 0.5) is 5.82 Å². The number of aromatic nitrogens is 2. The van der Waals surface area contributed by atoms with Crippen molar-refractivity contribution in [1.82, 2.24) is 9.97 Å². The summed E-state index contributed by atoms with van der Waals surface area (Å²) < 4.78 is 33.8. The largest absolute Gasteiger partial charge is 0.478 e. The van der Waals surface area contributed by atoms with Crippen molar-refractivity contribution in [2.24, 2.45) is 5.92 Å². The van der Waals surface area contributed by atoms with Crippen LogP contribution in [-0.4, -0.2) is 36.1 Å². The summed E-state index contributed by atoms with van der Waals surface area (Å²) in [5, 5.41) is 10.9. The Bertz CT molecular complexity index is 1530. The number of carbonyl (C=O) groups is 1. The van der Waals surface area contributed by atoms with Gasteiger partial charge in [-0.1, -0.05) is 18.2 Å². The fourth-order valence-electron chi connectivity index (χ4n) is 3.70. The number of nitrogens with zero attached hydrogens (tertiary/aromatic N) is 2. The molecule has 2 N–H and O–H groups in total. The molecule has 8 nitrogen and oxygen atoms in total. The van der Waals surface area contributed by atoms with E-state index in [0.29, 0.717) is 24.0 Å². The van der Waals surface area contributed by atoms with Crippen molar-refractivity contribution in [3.8, 4) is 17.0 Å². The highest BCUT2D eigenvalue weighted by molar-refractivity contribution is 7.92. The van der Waals surface area contributed by atoms with Gasteiger partial charge < -0.3 is 9.84 Å². The van der Waals surface area contributed by atoms with E-state index in [-0.39, 0.29) is 16.3 Å². The van der Waals surface area contributed by atoms with Crippen LogP contribution >= 0.6 is 0 Å². The number of sulfonamides is 1. The Morgan fingerprint density at radius 3 is 2.51 bits per heavy atom. The van der Waals surface area contributed by atoms with Gasteiger partial charge in [-0.15, -0.1) is 0 Å². The van der Waals surface area contributed by atoms with Gasteiger partial charge in [0.2, 0.25) is 5.88 Å². The Labute approximate surface area is 202 Å². The van der Waals surface area contributed by atoms with Gasteiger partial charge in [0, 0.05) is 29.4 Å². The van der Waals surface area contributed by atoms with Crippen LogP contribution in [-0.2, 0) is 10.0 Å². The van der Waals surface area contributed by atoms with E-state index in [2.05, 4.69) is 14.7 Å². The summed E-state index contributed by atoms with van der Waals surface area (Å²) in [7, 11) is -4.01. The lowest BCUT2D eigenvalue weighted by Gasteiger charge is -2.10. The number of benzene rings is 2. The second kappa shape index (κ2) is 8.99.